The summed E-state index contributed by atoms with van der Waals surface area (Å²) in [5, 5.41) is 2.33. The van der Waals surface area contributed by atoms with Crippen LogP contribution in [0.3, 0.4) is 0 Å². The van der Waals surface area contributed by atoms with Crippen molar-refractivity contribution >= 4 is 60.5 Å². The maximum Gasteiger partial charge on any atom is 0.257 e. The zero-order valence-corrected chi connectivity index (χ0v) is 13.1. The van der Waals surface area contributed by atoms with Crippen LogP contribution in [0.2, 0.25) is 0 Å². The summed E-state index contributed by atoms with van der Waals surface area (Å²) in [5.41, 5.74) is 5.41. The fourth-order valence-corrected chi connectivity index (χ4v) is 4.19. The molecule has 1 heterocycles. The van der Waals surface area contributed by atoms with Crippen molar-refractivity contribution in [1.82, 2.24) is 0 Å². The van der Waals surface area contributed by atoms with Gasteiger partial charge in [0.05, 0.1) is 18.8 Å². The van der Waals surface area contributed by atoms with Crippen molar-refractivity contribution < 1.29 is 13.6 Å². The molecule has 1 aromatic carbocycles. The van der Waals surface area contributed by atoms with Gasteiger partial charge in [0.2, 0.25) is 0 Å². The second-order valence-electron chi connectivity index (χ2n) is 3.54. The van der Waals surface area contributed by atoms with Crippen LogP contribution in [-0.4, -0.2) is 5.91 Å². The predicted molar refractivity (Wildman–Crippen MR) is 78.4 cm³/mol. The summed E-state index contributed by atoms with van der Waals surface area (Å²) in [6.07, 6.45) is 0. The quantitative estimate of drug-likeness (QED) is 0.720. The third kappa shape index (κ3) is 3.13. The topological polar surface area (TPSA) is 55.1 Å². The predicted octanol–water partition coefficient (Wildman–Crippen LogP) is 4.39. The first-order valence-electron chi connectivity index (χ1n) is 4.89. The summed E-state index contributed by atoms with van der Waals surface area (Å²) < 4.78 is 27.8. The van der Waals surface area contributed by atoms with Crippen LogP contribution >= 0.6 is 43.2 Å². The first kappa shape index (κ1) is 14.4. The molecule has 3 nitrogen and oxygen atoms in total. The average Bonchev–Trinajstić information content (AvgIpc) is 2.62. The number of carbonyl (C=O) groups is 1. The number of rotatable bonds is 2. The summed E-state index contributed by atoms with van der Waals surface area (Å²) in [6, 6.07) is 3.18. The average molecular weight is 412 g/mol. The second kappa shape index (κ2) is 5.56. The standard InChI is InChI=1S/C11H6Br2F2N2OS/c12-8-3-5(10(13)19-8)11(18)17-9-6(15)1-4(14)2-7(9)16/h1-3H,16H2,(H,17,18). The van der Waals surface area contributed by atoms with Crippen LogP contribution in [0.15, 0.2) is 25.8 Å². The number of amides is 1. The van der Waals surface area contributed by atoms with Gasteiger partial charge in [-0.1, -0.05) is 0 Å². The highest BCUT2D eigenvalue weighted by Crippen LogP contribution is 2.33. The molecule has 8 heteroatoms. The number of anilines is 2. The van der Waals surface area contributed by atoms with Crippen LogP contribution in [-0.2, 0) is 0 Å². The number of nitrogens with two attached hydrogens (primary N) is 1. The van der Waals surface area contributed by atoms with Crippen molar-refractivity contribution in [3.8, 4) is 0 Å². The third-order valence-corrected chi connectivity index (χ3v) is 4.56. The molecule has 0 bridgehead atoms. The van der Waals surface area contributed by atoms with Crippen molar-refractivity contribution in [1.29, 1.82) is 0 Å². The summed E-state index contributed by atoms with van der Waals surface area (Å²) in [4.78, 5) is 12.0. The molecule has 0 saturated carbocycles. The molecular weight excluding hydrogens is 406 g/mol. The Bertz CT molecular complexity index is 637. The van der Waals surface area contributed by atoms with Crippen LogP contribution in [0, 0.1) is 11.6 Å². The Morgan fingerprint density at radius 1 is 1.26 bits per heavy atom. The van der Waals surface area contributed by atoms with Gasteiger partial charge in [0.25, 0.3) is 5.91 Å². The molecule has 3 N–H and O–H groups in total. The van der Waals surface area contributed by atoms with E-state index in [0.29, 0.717) is 15.4 Å². The van der Waals surface area contributed by atoms with Crippen molar-refractivity contribution in [2.24, 2.45) is 0 Å². The van der Waals surface area contributed by atoms with Crippen molar-refractivity contribution in [3.05, 3.63) is 43.0 Å². The molecule has 0 saturated heterocycles. The molecule has 19 heavy (non-hydrogen) atoms. The minimum atomic E-state index is -0.920. The van der Waals surface area contributed by atoms with E-state index in [1.807, 2.05) is 0 Å². The molecule has 0 unspecified atom stereocenters. The van der Waals surface area contributed by atoms with Crippen molar-refractivity contribution in [3.63, 3.8) is 0 Å². The molecule has 1 amide bonds. The Labute approximate surface area is 128 Å². The van der Waals surface area contributed by atoms with Gasteiger partial charge in [-0.05, 0) is 44.0 Å². The number of carbonyl (C=O) groups excluding carboxylic acids is 1. The molecule has 0 spiro atoms. The molecule has 100 valence electrons. The first-order chi connectivity index (χ1) is 8.88. The maximum absolute atomic E-state index is 13.5. The third-order valence-electron chi connectivity index (χ3n) is 2.23. The smallest absolute Gasteiger partial charge is 0.257 e. The van der Waals surface area contributed by atoms with E-state index in [0.717, 1.165) is 9.85 Å². The SMILES string of the molecule is Nc1cc(F)cc(F)c1NC(=O)c1cc(Br)sc1Br. The van der Waals surface area contributed by atoms with E-state index < -0.39 is 17.5 Å². The molecule has 0 aliphatic heterocycles. The number of nitrogens with one attached hydrogen (secondary N) is 1. The normalized spacial score (nSPS) is 10.5. The van der Waals surface area contributed by atoms with Gasteiger partial charge in [-0.2, -0.15) is 0 Å². The second-order valence-corrected chi connectivity index (χ2v) is 7.29. The van der Waals surface area contributed by atoms with Gasteiger partial charge in [-0.3, -0.25) is 4.79 Å². The first-order valence-corrected chi connectivity index (χ1v) is 7.29. The molecule has 1 aromatic heterocycles. The minimum Gasteiger partial charge on any atom is -0.397 e. The Morgan fingerprint density at radius 2 is 1.95 bits per heavy atom. The summed E-state index contributed by atoms with van der Waals surface area (Å²) in [5.74, 6) is -2.25. The van der Waals surface area contributed by atoms with Crippen molar-refractivity contribution in [2.45, 2.75) is 0 Å². The lowest BCUT2D eigenvalue weighted by atomic mass is 10.2. The Kier molecular flexibility index (Phi) is 4.22. The molecule has 0 radical (unpaired) electrons. The summed E-state index contributed by atoms with van der Waals surface area (Å²) in [6.45, 7) is 0. The summed E-state index contributed by atoms with van der Waals surface area (Å²) >= 11 is 7.76. The number of benzene rings is 1. The van der Waals surface area contributed by atoms with E-state index in [2.05, 4.69) is 37.2 Å². The number of halogens is 4. The Morgan fingerprint density at radius 3 is 2.47 bits per heavy atom. The van der Waals surface area contributed by atoms with Crippen LogP contribution in [0.25, 0.3) is 0 Å². The Balaban J connectivity index is 2.32. The van der Waals surface area contributed by atoms with E-state index in [-0.39, 0.29) is 11.4 Å². The van der Waals surface area contributed by atoms with Crippen LogP contribution in [0.1, 0.15) is 10.4 Å². The lowest BCUT2D eigenvalue weighted by molar-refractivity contribution is 0.102. The Hall–Kier alpha value is -0.990. The molecular formula is C11H6Br2F2N2OS. The van der Waals surface area contributed by atoms with Gasteiger partial charge in [0.15, 0.2) is 5.82 Å². The van der Waals surface area contributed by atoms with E-state index in [1.54, 1.807) is 6.07 Å². The van der Waals surface area contributed by atoms with Gasteiger partial charge in [-0.15, -0.1) is 11.3 Å². The minimum absolute atomic E-state index is 0.170. The highest BCUT2D eigenvalue weighted by atomic mass is 79.9. The van der Waals surface area contributed by atoms with Gasteiger partial charge < -0.3 is 11.1 Å². The monoisotopic (exact) mass is 410 g/mol. The van der Waals surface area contributed by atoms with E-state index in [9.17, 15) is 13.6 Å². The highest BCUT2D eigenvalue weighted by Gasteiger charge is 2.17. The number of hydrogen-bond acceptors (Lipinski definition) is 3. The van der Waals surface area contributed by atoms with E-state index in [1.165, 1.54) is 11.3 Å². The molecule has 2 aromatic rings. The van der Waals surface area contributed by atoms with E-state index in [4.69, 9.17) is 5.73 Å². The van der Waals surface area contributed by atoms with Gasteiger partial charge in [0, 0.05) is 6.07 Å². The molecule has 0 aliphatic carbocycles. The van der Waals surface area contributed by atoms with E-state index >= 15 is 0 Å². The lowest BCUT2D eigenvalue weighted by Gasteiger charge is -2.09. The number of thiophene rings is 1. The maximum atomic E-state index is 13.5. The van der Waals surface area contributed by atoms with Crippen molar-refractivity contribution in [2.75, 3.05) is 11.1 Å². The van der Waals surface area contributed by atoms with Crippen LogP contribution < -0.4 is 11.1 Å². The van der Waals surface area contributed by atoms with Gasteiger partial charge in [0.1, 0.15) is 11.5 Å². The fraction of sp³-hybridized carbons (Fsp3) is 0. The molecule has 0 aliphatic rings. The van der Waals surface area contributed by atoms with Crippen LogP contribution in [0.4, 0.5) is 20.2 Å². The molecule has 0 fully saturated rings. The van der Waals surface area contributed by atoms with Crippen LogP contribution in [0.5, 0.6) is 0 Å². The van der Waals surface area contributed by atoms with Gasteiger partial charge in [-0.25, -0.2) is 8.78 Å². The number of nitrogen functional groups attached to an aromatic ring is 1. The fourth-order valence-electron chi connectivity index (χ4n) is 1.40. The summed E-state index contributed by atoms with van der Waals surface area (Å²) in [7, 11) is 0. The highest BCUT2D eigenvalue weighted by molar-refractivity contribution is 9.12. The largest absolute Gasteiger partial charge is 0.397 e. The zero-order valence-electron chi connectivity index (χ0n) is 9.14. The molecule has 0 atom stereocenters. The number of hydrogen-bond donors (Lipinski definition) is 2. The molecule has 2 rings (SSSR count). The van der Waals surface area contributed by atoms with Gasteiger partial charge >= 0.3 is 0 Å². The lowest BCUT2D eigenvalue weighted by Crippen LogP contribution is -2.14. The zero-order chi connectivity index (χ0) is 14.2.